The van der Waals surface area contributed by atoms with Gasteiger partial charge in [0.1, 0.15) is 0 Å². The van der Waals surface area contributed by atoms with Crippen LogP contribution in [0.2, 0.25) is 0 Å². The van der Waals surface area contributed by atoms with E-state index in [0.29, 0.717) is 0 Å². The van der Waals surface area contributed by atoms with E-state index < -0.39 is 10.3 Å². The van der Waals surface area contributed by atoms with E-state index in [2.05, 4.69) is 0 Å². The Labute approximate surface area is 106 Å². The van der Waals surface area contributed by atoms with Crippen molar-refractivity contribution in [1.29, 1.82) is 0 Å². The van der Waals surface area contributed by atoms with Crippen LogP contribution in [0.1, 0.15) is 25.5 Å². The summed E-state index contributed by atoms with van der Waals surface area (Å²) < 4.78 is 0. The molecule has 1 rings (SSSR count). The van der Waals surface area contributed by atoms with E-state index in [0.717, 1.165) is 5.56 Å². The van der Waals surface area contributed by atoms with Gasteiger partial charge in [-0.3, -0.25) is 10.1 Å². The number of non-ortho nitro benzene ring substituents is 1. The van der Waals surface area contributed by atoms with Gasteiger partial charge in [0.15, 0.2) is 0 Å². The molecule has 6 heteroatoms. The molecule has 1 atom stereocenters. The Morgan fingerprint density at radius 1 is 1.41 bits per heavy atom. The second kappa shape index (κ2) is 5.95. The van der Waals surface area contributed by atoms with E-state index in [-0.39, 0.29) is 30.7 Å². The van der Waals surface area contributed by atoms with Gasteiger partial charge in [-0.25, -0.2) is 0 Å². The van der Waals surface area contributed by atoms with Gasteiger partial charge in [0.2, 0.25) is 0 Å². The molecular formula is C11H17ClN2O3. The number of nitrogens with two attached hydrogens (primary N) is 1. The van der Waals surface area contributed by atoms with Gasteiger partial charge in [0.05, 0.1) is 4.92 Å². The molecule has 0 spiro atoms. The minimum absolute atomic E-state index is 0. The number of hydrogen-bond acceptors (Lipinski definition) is 4. The van der Waals surface area contributed by atoms with Crippen LogP contribution in [0.3, 0.4) is 0 Å². The maximum absolute atomic E-state index is 10.5. The lowest BCUT2D eigenvalue weighted by molar-refractivity contribution is -0.384. The molecule has 0 amide bonds. The van der Waals surface area contributed by atoms with Crippen molar-refractivity contribution in [2.45, 2.75) is 19.9 Å². The number of nitro groups is 1. The number of rotatable bonds is 4. The Balaban J connectivity index is 0.00000256. The third-order valence-corrected chi connectivity index (χ3v) is 2.71. The lowest BCUT2D eigenvalue weighted by Crippen LogP contribution is -2.32. The second-order valence-corrected chi connectivity index (χ2v) is 4.47. The average molecular weight is 261 g/mol. The van der Waals surface area contributed by atoms with Crippen molar-refractivity contribution in [3.8, 4) is 0 Å². The Morgan fingerprint density at radius 2 is 1.88 bits per heavy atom. The van der Waals surface area contributed by atoms with Crippen LogP contribution in [0.4, 0.5) is 5.69 Å². The van der Waals surface area contributed by atoms with E-state index in [4.69, 9.17) is 5.73 Å². The maximum Gasteiger partial charge on any atom is 0.269 e. The first-order valence-electron chi connectivity index (χ1n) is 4.99. The van der Waals surface area contributed by atoms with Crippen LogP contribution >= 0.6 is 12.4 Å². The zero-order valence-electron chi connectivity index (χ0n) is 9.79. The average Bonchev–Trinajstić information content (AvgIpc) is 2.28. The fourth-order valence-corrected chi connectivity index (χ4v) is 1.35. The summed E-state index contributed by atoms with van der Waals surface area (Å²) in [6, 6.07) is 5.74. The number of halogens is 1. The molecule has 5 nitrogen and oxygen atoms in total. The Morgan fingerprint density at radius 3 is 2.24 bits per heavy atom. The summed E-state index contributed by atoms with van der Waals surface area (Å²) in [5.74, 6) is 0. The van der Waals surface area contributed by atoms with Crippen LogP contribution in [0, 0.1) is 15.5 Å². The van der Waals surface area contributed by atoms with Crippen molar-refractivity contribution >= 4 is 18.1 Å². The van der Waals surface area contributed by atoms with Crippen molar-refractivity contribution in [1.82, 2.24) is 0 Å². The molecule has 0 aliphatic carbocycles. The van der Waals surface area contributed by atoms with Gasteiger partial charge < -0.3 is 10.8 Å². The third kappa shape index (κ3) is 3.66. The quantitative estimate of drug-likeness (QED) is 0.640. The van der Waals surface area contributed by atoms with Gasteiger partial charge >= 0.3 is 0 Å². The van der Waals surface area contributed by atoms with Crippen LogP contribution in [0.15, 0.2) is 24.3 Å². The number of hydrogen-bond donors (Lipinski definition) is 2. The molecule has 0 fully saturated rings. The number of nitrogens with zero attached hydrogens (tertiary/aromatic N) is 1. The number of benzene rings is 1. The third-order valence-electron chi connectivity index (χ3n) is 2.71. The predicted molar refractivity (Wildman–Crippen MR) is 68.1 cm³/mol. The van der Waals surface area contributed by atoms with E-state index in [9.17, 15) is 15.2 Å². The molecule has 1 aromatic rings. The highest BCUT2D eigenvalue weighted by atomic mass is 35.5. The smallest absolute Gasteiger partial charge is 0.269 e. The summed E-state index contributed by atoms with van der Waals surface area (Å²) in [6.45, 7) is 3.66. The molecule has 0 saturated heterocycles. The zero-order chi connectivity index (χ0) is 12.3. The molecule has 17 heavy (non-hydrogen) atoms. The van der Waals surface area contributed by atoms with E-state index in [1.807, 2.05) is 13.8 Å². The number of nitro benzene ring substituents is 1. The fraction of sp³-hybridized carbons (Fsp3) is 0.455. The van der Waals surface area contributed by atoms with Crippen molar-refractivity contribution in [3.63, 3.8) is 0 Å². The van der Waals surface area contributed by atoms with Crippen LogP contribution in [-0.4, -0.2) is 16.6 Å². The molecule has 1 aromatic carbocycles. The standard InChI is InChI=1S/C11H16N2O3.ClH/c1-11(2,7-14)10(12)8-3-5-9(6-4-8)13(15)16;/h3-6,10,14H,7,12H2,1-2H3;1H/t10-;/m1./s1. The van der Waals surface area contributed by atoms with Crippen molar-refractivity contribution in [3.05, 3.63) is 39.9 Å². The van der Waals surface area contributed by atoms with E-state index >= 15 is 0 Å². The summed E-state index contributed by atoms with van der Waals surface area (Å²) in [6.07, 6.45) is 0. The molecule has 3 N–H and O–H groups in total. The topological polar surface area (TPSA) is 89.4 Å². The minimum Gasteiger partial charge on any atom is -0.396 e. The van der Waals surface area contributed by atoms with Crippen LogP contribution in [0.5, 0.6) is 0 Å². The van der Waals surface area contributed by atoms with Crippen molar-refractivity contribution < 1.29 is 10.0 Å². The van der Waals surface area contributed by atoms with Gasteiger partial charge in [0.25, 0.3) is 5.69 Å². The summed E-state index contributed by atoms with van der Waals surface area (Å²) in [5, 5.41) is 19.6. The first-order chi connectivity index (χ1) is 7.38. The first kappa shape index (κ1) is 15.8. The van der Waals surface area contributed by atoms with Gasteiger partial charge in [-0.2, -0.15) is 0 Å². The Hall–Kier alpha value is -1.17. The van der Waals surface area contributed by atoms with Crippen LogP contribution in [-0.2, 0) is 0 Å². The Kier molecular flexibility index (Phi) is 5.54. The monoisotopic (exact) mass is 260 g/mol. The highest BCUT2D eigenvalue weighted by Crippen LogP contribution is 2.31. The normalized spacial score (nSPS) is 12.7. The molecule has 0 radical (unpaired) electrons. The SMILES string of the molecule is CC(C)(CO)[C@H](N)c1ccc([N+](=O)[O-])cc1.Cl. The minimum atomic E-state index is -0.452. The molecular weight excluding hydrogens is 244 g/mol. The van der Waals surface area contributed by atoms with Gasteiger partial charge in [-0.15, -0.1) is 12.4 Å². The molecule has 0 heterocycles. The summed E-state index contributed by atoms with van der Waals surface area (Å²) in [5.41, 5.74) is 6.35. The molecule has 0 aliphatic rings. The maximum atomic E-state index is 10.5. The van der Waals surface area contributed by atoms with Crippen molar-refractivity contribution in [2.24, 2.45) is 11.1 Å². The highest BCUT2D eigenvalue weighted by molar-refractivity contribution is 5.85. The van der Waals surface area contributed by atoms with E-state index in [1.165, 1.54) is 12.1 Å². The summed E-state index contributed by atoms with van der Waals surface area (Å²) >= 11 is 0. The molecule has 0 aliphatic heterocycles. The number of aliphatic hydroxyl groups excluding tert-OH is 1. The zero-order valence-corrected chi connectivity index (χ0v) is 10.6. The van der Waals surface area contributed by atoms with Crippen LogP contribution < -0.4 is 5.73 Å². The second-order valence-electron chi connectivity index (χ2n) is 4.47. The molecule has 0 saturated carbocycles. The predicted octanol–water partition coefficient (Wildman–Crippen LogP) is 2.03. The van der Waals surface area contributed by atoms with E-state index in [1.54, 1.807) is 12.1 Å². The summed E-state index contributed by atoms with van der Waals surface area (Å²) in [7, 11) is 0. The van der Waals surface area contributed by atoms with Gasteiger partial charge in [-0.05, 0) is 5.56 Å². The molecule has 0 aromatic heterocycles. The summed E-state index contributed by atoms with van der Waals surface area (Å²) in [4.78, 5) is 10.0. The lowest BCUT2D eigenvalue weighted by atomic mass is 9.82. The fourth-order valence-electron chi connectivity index (χ4n) is 1.35. The van der Waals surface area contributed by atoms with Gasteiger partial charge in [-0.1, -0.05) is 26.0 Å². The Bertz CT molecular complexity index is 379. The largest absolute Gasteiger partial charge is 0.396 e. The van der Waals surface area contributed by atoms with Gasteiger partial charge in [0, 0.05) is 30.2 Å². The lowest BCUT2D eigenvalue weighted by Gasteiger charge is -2.29. The number of aliphatic hydroxyl groups is 1. The molecule has 96 valence electrons. The molecule has 0 unspecified atom stereocenters. The van der Waals surface area contributed by atoms with Crippen LogP contribution in [0.25, 0.3) is 0 Å². The molecule has 0 bridgehead atoms. The van der Waals surface area contributed by atoms with Crippen molar-refractivity contribution in [2.75, 3.05) is 6.61 Å². The first-order valence-corrected chi connectivity index (χ1v) is 4.99. The highest BCUT2D eigenvalue weighted by Gasteiger charge is 2.27.